The van der Waals surface area contributed by atoms with Crippen LogP contribution in [0.4, 0.5) is 11.4 Å². The Morgan fingerprint density at radius 2 is 1.30 bits per heavy atom. The summed E-state index contributed by atoms with van der Waals surface area (Å²) in [5.41, 5.74) is 13.0. The minimum atomic E-state index is 0.0469. The molecule has 0 saturated heterocycles. The molecule has 4 unspecified atom stereocenters. The highest BCUT2D eigenvalue weighted by atomic mass is 32.1. The standard InChI is InChI=1S/C47H38N2S/c1-30-19-23-43-40(25-30)37-22-20-34(33-21-24-46-41(27-33)38-16-7-9-18-45(38)50-46)28-44(37)49(43)47-29-39(36-15-6-8-17-42(36)48(47)2)35-14-10-13-32(26-35)31-11-4-3-5-12-31/h3-24,26-30,40,43,47H,25H2,1-2H3. The van der Waals surface area contributed by atoms with Gasteiger partial charge >= 0.3 is 0 Å². The first-order chi connectivity index (χ1) is 24.6. The molecule has 0 saturated carbocycles. The van der Waals surface area contributed by atoms with Crippen molar-refractivity contribution in [2.24, 2.45) is 5.92 Å². The minimum absolute atomic E-state index is 0.0469. The second-order valence-electron chi connectivity index (χ2n) is 14.3. The lowest BCUT2D eigenvalue weighted by Gasteiger charge is -2.44. The Balaban J connectivity index is 1.13. The Kier molecular flexibility index (Phi) is 6.86. The SMILES string of the molecule is CC1C=CC2C(C1)c1ccc(-c3ccc4sc5ccccc5c4c3)cc1N2C1C=C(c2cccc(-c3ccccc3)c2)c2ccccc2N1C. The highest BCUT2D eigenvalue weighted by Crippen LogP contribution is 2.51. The van der Waals surface area contributed by atoms with Gasteiger partial charge in [-0.3, -0.25) is 0 Å². The number of thiophene rings is 1. The van der Waals surface area contributed by atoms with Gasteiger partial charge in [0.25, 0.3) is 0 Å². The smallest absolute Gasteiger partial charge is 0.122 e. The highest BCUT2D eigenvalue weighted by Gasteiger charge is 2.44. The van der Waals surface area contributed by atoms with E-state index in [2.05, 4.69) is 182 Å². The maximum absolute atomic E-state index is 2.72. The number of likely N-dealkylation sites (N-methyl/N-ethyl adjacent to an activating group) is 1. The second kappa shape index (κ2) is 11.6. The van der Waals surface area contributed by atoms with Gasteiger partial charge in [-0.15, -0.1) is 11.3 Å². The molecule has 0 bridgehead atoms. The van der Waals surface area contributed by atoms with Crippen molar-refractivity contribution >= 4 is 48.5 Å². The van der Waals surface area contributed by atoms with Crippen LogP contribution in [0, 0.1) is 5.92 Å². The first-order valence-corrected chi connectivity index (χ1v) is 18.6. The van der Waals surface area contributed by atoms with Crippen molar-refractivity contribution in [3.05, 3.63) is 174 Å². The van der Waals surface area contributed by atoms with Gasteiger partial charge < -0.3 is 9.80 Å². The molecule has 3 heterocycles. The number of rotatable bonds is 4. The third kappa shape index (κ3) is 4.68. The molecular formula is C47H38N2S. The van der Waals surface area contributed by atoms with E-state index in [1.807, 2.05) is 11.3 Å². The van der Waals surface area contributed by atoms with Gasteiger partial charge in [-0.1, -0.05) is 122 Å². The molecule has 6 aromatic carbocycles. The van der Waals surface area contributed by atoms with Crippen LogP contribution in [0.5, 0.6) is 0 Å². The summed E-state index contributed by atoms with van der Waals surface area (Å²) in [6, 6.07) is 52.2. The molecule has 0 spiro atoms. The third-order valence-corrected chi connectivity index (χ3v) is 12.4. The molecule has 3 heteroatoms. The van der Waals surface area contributed by atoms with E-state index >= 15 is 0 Å². The molecule has 0 amide bonds. The molecule has 0 radical (unpaired) electrons. The summed E-state index contributed by atoms with van der Waals surface area (Å²) in [7, 11) is 2.28. The van der Waals surface area contributed by atoms with Crippen LogP contribution in [-0.2, 0) is 0 Å². The predicted molar refractivity (Wildman–Crippen MR) is 214 cm³/mol. The lowest BCUT2D eigenvalue weighted by molar-refractivity contribution is 0.462. The number of fused-ring (bicyclic) bond motifs is 7. The van der Waals surface area contributed by atoms with E-state index in [1.54, 1.807) is 0 Å². The van der Waals surface area contributed by atoms with Crippen LogP contribution in [0.15, 0.2) is 158 Å². The zero-order valence-corrected chi connectivity index (χ0v) is 29.1. The maximum Gasteiger partial charge on any atom is 0.122 e. The maximum atomic E-state index is 2.72. The average molecular weight is 663 g/mol. The van der Waals surface area contributed by atoms with Crippen molar-refractivity contribution < 1.29 is 0 Å². The number of nitrogens with zero attached hydrogens (tertiary/aromatic N) is 2. The van der Waals surface area contributed by atoms with Gasteiger partial charge in [0.05, 0.1) is 6.04 Å². The van der Waals surface area contributed by atoms with Crippen LogP contribution >= 0.6 is 11.3 Å². The zero-order valence-electron chi connectivity index (χ0n) is 28.3. The van der Waals surface area contributed by atoms with E-state index in [0.29, 0.717) is 17.9 Å². The Hall–Kier alpha value is -5.38. The summed E-state index contributed by atoms with van der Waals surface area (Å²) in [5.74, 6) is 1.03. The number of hydrogen-bond acceptors (Lipinski definition) is 3. The van der Waals surface area contributed by atoms with Crippen LogP contribution in [0.25, 0.3) is 48.0 Å². The fourth-order valence-electron chi connectivity index (χ4n) is 8.82. The average Bonchev–Trinajstić information content (AvgIpc) is 3.70. The summed E-state index contributed by atoms with van der Waals surface area (Å²) in [4.78, 5) is 5.22. The highest BCUT2D eigenvalue weighted by molar-refractivity contribution is 7.25. The Bertz CT molecular complexity index is 2490. The van der Waals surface area contributed by atoms with E-state index in [0.717, 1.165) is 0 Å². The van der Waals surface area contributed by atoms with Gasteiger partial charge in [-0.05, 0) is 93.8 Å². The van der Waals surface area contributed by atoms with Crippen molar-refractivity contribution in [3.8, 4) is 22.3 Å². The molecule has 7 aromatic rings. The van der Waals surface area contributed by atoms with E-state index in [4.69, 9.17) is 0 Å². The minimum Gasteiger partial charge on any atom is -0.350 e. The van der Waals surface area contributed by atoms with Crippen molar-refractivity contribution in [1.29, 1.82) is 0 Å². The zero-order chi connectivity index (χ0) is 33.3. The predicted octanol–water partition coefficient (Wildman–Crippen LogP) is 12.2. The van der Waals surface area contributed by atoms with Gasteiger partial charge in [0.15, 0.2) is 0 Å². The summed E-state index contributed by atoms with van der Waals surface area (Å²) in [6.45, 7) is 2.37. The van der Waals surface area contributed by atoms with E-state index < -0.39 is 0 Å². The van der Waals surface area contributed by atoms with Crippen LogP contribution in [0.2, 0.25) is 0 Å². The lowest BCUT2D eigenvalue weighted by atomic mass is 9.81. The number of benzene rings is 6. The molecule has 1 aromatic heterocycles. The fourth-order valence-corrected chi connectivity index (χ4v) is 9.90. The number of anilines is 2. The summed E-state index contributed by atoms with van der Waals surface area (Å²) in [5, 5.41) is 2.69. The van der Waals surface area contributed by atoms with Gasteiger partial charge in [0.1, 0.15) is 6.17 Å². The molecule has 0 N–H and O–H groups in total. The van der Waals surface area contributed by atoms with Crippen LogP contribution < -0.4 is 9.80 Å². The molecule has 242 valence electrons. The topological polar surface area (TPSA) is 6.48 Å². The monoisotopic (exact) mass is 662 g/mol. The molecule has 2 aliphatic heterocycles. The summed E-state index contributed by atoms with van der Waals surface area (Å²) >= 11 is 1.88. The van der Waals surface area contributed by atoms with Gasteiger partial charge in [-0.2, -0.15) is 0 Å². The molecule has 2 nitrogen and oxygen atoms in total. The van der Waals surface area contributed by atoms with Gasteiger partial charge in [-0.25, -0.2) is 0 Å². The first kappa shape index (κ1) is 29.5. The lowest BCUT2D eigenvalue weighted by Crippen LogP contribution is -2.51. The molecule has 50 heavy (non-hydrogen) atoms. The fraction of sp³-hybridized carbons (Fsp3) is 0.149. The van der Waals surface area contributed by atoms with Crippen molar-refractivity contribution in [3.63, 3.8) is 0 Å². The van der Waals surface area contributed by atoms with E-state index in [1.165, 1.54) is 82.5 Å². The first-order valence-electron chi connectivity index (χ1n) is 17.8. The van der Waals surface area contributed by atoms with Crippen molar-refractivity contribution in [1.82, 2.24) is 0 Å². The van der Waals surface area contributed by atoms with E-state index in [9.17, 15) is 0 Å². The summed E-state index contributed by atoms with van der Waals surface area (Å²) < 4.78 is 2.70. The molecular weight excluding hydrogens is 625 g/mol. The molecule has 1 aliphatic carbocycles. The number of para-hydroxylation sites is 1. The quantitative estimate of drug-likeness (QED) is 0.173. The normalized spacial score (nSPS) is 20.9. The molecule has 10 rings (SSSR count). The van der Waals surface area contributed by atoms with Crippen LogP contribution in [0.1, 0.15) is 36.0 Å². The van der Waals surface area contributed by atoms with Crippen molar-refractivity contribution in [2.45, 2.75) is 31.5 Å². The number of hydrogen-bond donors (Lipinski definition) is 0. The Labute approximate surface area is 298 Å². The van der Waals surface area contributed by atoms with Crippen molar-refractivity contribution in [2.75, 3.05) is 16.8 Å². The second-order valence-corrected chi connectivity index (χ2v) is 15.3. The largest absolute Gasteiger partial charge is 0.350 e. The summed E-state index contributed by atoms with van der Waals surface area (Å²) in [6.07, 6.45) is 8.69. The Morgan fingerprint density at radius 3 is 2.22 bits per heavy atom. The Morgan fingerprint density at radius 1 is 0.580 bits per heavy atom. The number of allylic oxidation sites excluding steroid dienone is 1. The van der Waals surface area contributed by atoms with E-state index in [-0.39, 0.29) is 6.17 Å². The van der Waals surface area contributed by atoms with Crippen LogP contribution in [-0.4, -0.2) is 19.3 Å². The molecule has 0 fully saturated rings. The van der Waals surface area contributed by atoms with Crippen LogP contribution in [0.3, 0.4) is 0 Å². The molecule has 4 atom stereocenters. The third-order valence-electron chi connectivity index (χ3n) is 11.3. The molecule has 3 aliphatic rings. The van der Waals surface area contributed by atoms with Gasteiger partial charge in [0.2, 0.25) is 0 Å². The van der Waals surface area contributed by atoms with Gasteiger partial charge in [0, 0.05) is 50.1 Å².